The SMILES string of the molecule is CC(C)(C)OC(=O)N1CCC[C@@H]1[C@@]1(C)OCc2cc(F)ccc21.C[C@@]1([C@H]2CCCN2)OCc2ccccc21.O=CC(F)(F)F. The van der Waals surface area contributed by atoms with Crippen molar-refractivity contribution in [3.8, 4) is 0 Å². The fourth-order valence-corrected chi connectivity index (χ4v) is 6.50. The lowest BCUT2D eigenvalue weighted by atomic mass is 9.86. The van der Waals surface area contributed by atoms with Gasteiger partial charge in [-0.05, 0) is 101 Å². The second kappa shape index (κ2) is 13.1. The summed E-state index contributed by atoms with van der Waals surface area (Å²) in [6, 6.07) is 13.7. The maximum Gasteiger partial charge on any atom is 0.446 e. The smallest absolute Gasteiger partial charge is 0.444 e. The van der Waals surface area contributed by atoms with Crippen molar-refractivity contribution in [2.75, 3.05) is 13.1 Å². The molecule has 242 valence electrons. The first-order valence-corrected chi connectivity index (χ1v) is 15.0. The van der Waals surface area contributed by atoms with Gasteiger partial charge in [0, 0.05) is 12.6 Å². The fraction of sp³-hybridized carbons (Fsp3) is 0.576. The number of nitrogens with zero attached hydrogens (tertiary/aromatic N) is 1. The van der Waals surface area contributed by atoms with E-state index in [4.69, 9.17) is 19.0 Å². The normalized spacial score (nSPS) is 27.4. The molecule has 0 aromatic heterocycles. The topological polar surface area (TPSA) is 77.1 Å². The highest BCUT2D eigenvalue weighted by molar-refractivity contribution is 5.69. The summed E-state index contributed by atoms with van der Waals surface area (Å²) in [7, 11) is 0. The Balaban J connectivity index is 0.000000179. The number of halogens is 4. The summed E-state index contributed by atoms with van der Waals surface area (Å²) in [6.45, 7) is 12.7. The lowest BCUT2D eigenvalue weighted by Crippen LogP contribution is -2.49. The molecule has 2 saturated heterocycles. The van der Waals surface area contributed by atoms with Gasteiger partial charge in [0.15, 0.2) is 0 Å². The molecule has 4 heterocycles. The van der Waals surface area contributed by atoms with Crippen molar-refractivity contribution in [3.05, 3.63) is 70.5 Å². The van der Waals surface area contributed by atoms with E-state index in [1.54, 1.807) is 11.0 Å². The Hall–Kier alpha value is -3.02. The number of rotatable bonds is 2. The van der Waals surface area contributed by atoms with Crippen molar-refractivity contribution >= 4 is 12.4 Å². The molecule has 4 aliphatic rings. The van der Waals surface area contributed by atoms with Crippen molar-refractivity contribution in [1.82, 2.24) is 10.2 Å². The molecule has 4 aliphatic heterocycles. The maximum absolute atomic E-state index is 13.4. The highest BCUT2D eigenvalue weighted by atomic mass is 19.4. The van der Waals surface area contributed by atoms with Gasteiger partial charge < -0.3 is 24.4 Å². The molecule has 2 aromatic carbocycles. The van der Waals surface area contributed by atoms with Crippen LogP contribution in [-0.2, 0) is 43.4 Å². The molecular weight excluding hydrogens is 580 g/mol. The molecule has 1 amide bonds. The number of carbonyl (C=O) groups is 2. The number of nitrogens with one attached hydrogen (secondary N) is 1. The Morgan fingerprint density at radius 2 is 1.61 bits per heavy atom. The van der Waals surface area contributed by atoms with Crippen LogP contribution in [0.2, 0.25) is 0 Å². The molecule has 0 unspecified atom stereocenters. The summed E-state index contributed by atoms with van der Waals surface area (Å²) in [5.74, 6) is -0.257. The fourth-order valence-electron chi connectivity index (χ4n) is 6.50. The molecule has 0 aliphatic carbocycles. The molecule has 11 heteroatoms. The molecule has 4 atom stereocenters. The zero-order valence-electron chi connectivity index (χ0n) is 25.9. The van der Waals surface area contributed by atoms with E-state index in [1.807, 2.05) is 27.7 Å². The number of fused-ring (bicyclic) bond motifs is 2. The van der Waals surface area contributed by atoms with E-state index in [9.17, 15) is 22.4 Å². The largest absolute Gasteiger partial charge is 0.446 e. The van der Waals surface area contributed by atoms with Crippen LogP contribution in [0.25, 0.3) is 0 Å². The van der Waals surface area contributed by atoms with Crippen LogP contribution < -0.4 is 5.32 Å². The lowest BCUT2D eigenvalue weighted by molar-refractivity contribution is -0.156. The Kier molecular flexibility index (Phi) is 10.1. The van der Waals surface area contributed by atoms with Crippen LogP contribution in [0.5, 0.6) is 0 Å². The van der Waals surface area contributed by atoms with Gasteiger partial charge >= 0.3 is 12.3 Å². The predicted octanol–water partition coefficient (Wildman–Crippen LogP) is 6.90. The number of aldehydes is 1. The van der Waals surface area contributed by atoms with E-state index < -0.39 is 23.7 Å². The van der Waals surface area contributed by atoms with Crippen LogP contribution in [0.15, 0.2) is 42.5 Å². The molecule has 0 saturated carbocycles. The van der Waals surface area contributed by atoms with Gasteiger partial charge in [0.2, 0.25) is 6.29 Å². The van der Waals surface area contributed by atoms with Gasteiger partial charge in [-0.3, -0.25) is 4.79 Å². The van der Waals surface area contributed by atoms with E-state index in [0.717, 1.165) is 37.1 Å². The Morgan fingerprint density at radius 3 is 2.25 bits per heavy atom. The minimum atomic E-state index is -4.64. The van der Waals surface area contributed by atoms with E-state index in [0.29, 0.717) is 19.2 Å². The standard InChI is InChI=1S/C18H24FNO3.C13H17NO.C2HF3O/c1-17(2,3)23-16(21)20-9-5-6-15(20)18(4)14-8-7-13(19)10-12(14)11-22-18;1-13(12-7-4-8-14-12)11-6-3-2-5-10(11)9-15-13;3-2(4,5)1-6/h7-8,10,15H,5-6,9,11H2,1-4H3;2-3,5-6,12,14H,4,7-9H2,1H3;1H/t15-,18+;12-,13-;/m11./s1. The third-order valence-corrected chi connectivity index (χ3v) is 8.58. The van der Waals surface area contributed by atoms with Gasteiger partial charge in [0.1, 0.15) is 22.6 Å². The number of ether oxygens (including phenoxy) is 3. The molecule has 2 aromatic rings. The van der Waals surface area contributed by atoms with Gasteiger partial charge in [-0.1, -0.05) is 30.3 Å². The molecule has 6 rings (SSSR count). The number of likely N-dealkylation sites (tertiary alicyclic amines) is 1. The van der Waals surface area contributed by atoms with Crippen LogP contribution in [0, 0.1) is 5.82 Å². The quantitative estimate of drug-likeness (QED) is 0.290. The summed E-state index contributed by atoms with van der Waals surface area (Å²) in [6.07, 6.45) is -1.74. The van der Waals surface area contributed by atoms with Crippen LogP contribution in [0.4, 0.5) is 22.4 Å². The van der Waals surface area contributed by atoms with Crippen molar-refractivity contribution in [2.24, 2.45) is 0 Å². The number of amides is 1. The molecule has 0 spiro atoms. The third-order valence-electron chi connectivity index (χ3n) is 8.58. The van der Waals surface area contributed by atoms with Crippen molar-refractivity contribution < 1.29 is 41.4 Å². The molecule has 0 bridgehead atoms. The third kappa shape index (κ3) is 7.61. The molecular formula is C33H42F4N2O5. The predicted molar refractivity (Wildman–Crippen MR) is 156 cm³/mol. The number of alkyl halides is 3. The number of hydrogen-bond acceptors (Lipinski definition) is 6. The Bertz CT molecular complexity index is 1320. The first kappa shape index (κ1) is 33.9. The zero-order chi connectivity index (χ0) is 32.3. The van der Waals surface area contributed by atoms with Crippen molar-refractivity contribution in [2.45, 2.75) is 109 Å². The lowest BCUT2D eigenvalue weighted by Gasteiger charge is -2.38. The molecule has 7 nitrogen and oxygen atoms in total. The summed E-state index contributed by atoms with van der Waals surface area (Å²) >= 11 is 0. The van der Waals surface area contributed by atoms with Gasteiger partial charge in [-0.15, -0.1) is 0 Å². The second-order valence-corrected chi connectivity index (χ2v) is 12.9. The van der Waals surface area contributed by atoms with E-state index in [2.05, 4.69) is 36.5 Å². The van der Waals surface area contributed by atoms with Crippen LogP contribution >= 0.6 is 0 Å². The molecule has 2 fully saturated rings. The van der Waals surface area contributed by atoms with Crippen molar-refractivity contribution in [1.29, 1.82) is 0 Å². The molecule has 0 radical (unpaired) electrons. The number of carbonyl (C=O) groups excluding carboxylic acids is 2. The zero-order valence-corrected chi connectivity index (χ0v) is 25.9. The molecule has 44 heavy (non-hydrogen) atoms. The highest BCUT2D eigenvalue weighted by Gasteiger charge is 2.49. The van der Waals surface area contributed by atoms with E-state index >= 15 is 0 Å². The molecule has 1 N–H and O–H groups in total. The monoisotopic (exact) mass is 622 g/mol. The van der Waals surface area contributed by atoms with Gasteiger partial charge in [-0.25, -0.2) is 9.18 Å². The Labute approximate surface area is 256 Å². The number of hydrogen-bond donors (Lipinski definition) is 1. The van der Waals surface area contributed by atoms with Crippen LogP contribution in [-0.4, -0.2) is 54.2 Å². The van der Waals surface area contributed by atoms with Gasteiger partial charge in [0.25, 0.3) is 0 Å². The first-order chi connectivity index (χ1) is 20.6. The average molecular weight is 623 g/mol. The maximum atomic E-state index is 13.4. The van der Waals surface area contributed by atoms with Gasteiger partial charge in [0.05, 0.1) is 19.3 Å². The Morgan fingerprint density at radius 1 is 0.977 bits per heavy atom. The first-order valence-electron chi connectivity index (χ1n) is 15.0. The summed E-state index contributed by atoms with van der Waals surface area (Å²) < 4.78 is 62.3. The average Bonchev–Trinajstić information content (AvgIpc) is 3.76. The van der Waals surface area contributed by atoms with Gasteiger partial charge in [-0.2, -0.15) is 13.2 Å². The number of benzene rings is 2. The van der Waals surface area contributed by atoms with Crippen molar-refractivity contribution in [3.63, 3.8) is 0 Å². The summed E-state index contributed by atoms with van der Waals surface area (Å²) in [5, 5.41) is 3.55. The van der Waals surface area contributed by atoms with Crippen LogP contribution in [0.3, 0.4) is 0 Å². The van der Waals surface area contributed by atoms with E-state index in [1.165, 1.54) is 36.1 Å². The highest BCUT2D eigenvalue weighted by Crippen LogP contribution is 2.45. The summed E-state index contributed by atoms with van der Waals surface area (Å²) in [4.78, 5) is 23.0. The second-order valence-electron chi connectivity index (χ2n) is 12.9. The van der Waals surface area contributed by atoms with E-state index in [-0.39, 0.29) is 23.6 Å². The van der Waals surface area contributed by atoms with Crippen LogP contribution in [0.1, 0.15) is 82.6 Å². The minimum absolute atomic E-state index is 0.0935. The minimum Gasteiger partial charge on any atom is -0.444 e. The summed E-state index contributed by atoms with van der Waals surface area (Å²) in [5.41, 5.74) is 3.33.